The molecule has 0 bridgehead atoms. The maximum atomic E-state index is 13.0. The van der Waals surface area contributed by atoms with Crippen molar-refractivity contribution in [1.29, 1.82) is 0 Å². The molecular formula is C12H11F4N. The van der Waals surface area contributed by atoms with Crippen molar-refractivity contribution in [2.24, 2.45) is 0 Å². The normalized spacial score (nSPS) is 10.9. The van der Waals surface area contributed by atoms with Crippen LogP contribution in [0, 0.1) is 17.7 Å². The molecule has 0 radical (unpaired) electrons. The number of hydrogen-bond acceptors (Lipinski definition) is 1. The van der Waals surface area contributed by atoms with Gasteiger partial charge in [-0.15, -0.1) is 5.92 Å². The molecule has 0 unspecified atom stereocenters. The van der Waals surface area contributed by atoms with Crippen LogP contribution in [0.3, 0.4) is 0 Å². The molecule has 1 nitrogen and oxygen atoms in total. The fourth-order valence-corrected chi connectivity index (χ4v) is 1.27. The average Bonchev–Trinajstić information content (AvgIpc) is 2.22. The maximum Gasteiger partial charge on any atom is 0.416 e. The van der Waals surface area contributed by atoms with E-state index in [1.807, 2.05) is 0 Å². The molecule has 92 valence electrons. The molecule has 0 aliphatic heterocycles. The van der Waals surface area contributed by atoms with Crippen LogP contribution >= 0.6 is 0 Å². The molecule has 0 saturated heterocycles. The van der Waals surface area contributed by atoms with Gasteiger partial charge in [-0.05, 0) is 30.7 Å². The van der Waals surface area contributed by atoms with Crippen LogP contribution in [0.25, 0.3) is 0 Å². The summed E-state index contributed by atoms with van der Waals surface area (Å²) in [5.74, 6) is 4.44. The van der Waals surface area contributed by atoms with Gasteiger partial charge in [0.1, 0.15) is 5.82 Å². The Morgan fingerprint density at radius 1 is 1.24 bits per heavy atom. The second-order valence-electron chi connectivity index (χ2n) is 3.38. The van der Waals surface area contributed by atoms with Crippen molar-refractivity contribution < 1.29 is 17.6 Å². The Hall–Kier alpha value is -1.54. The van der Waals surface area contributed by atoms with E-state index in [4.69, 9.17) is 0 Å². The summed E-state index contributed by atoms with van der Waals surface area (Å²) in [7, 11) is 0. The van der Waals surface area contributed by atoms with Gasteiger partial charge in [-0.2, -0.15) is 13.2 Å². The van der Waals surface area contributed by atoms with Crippen molar-refractivity contribution in [3.63, 3.8) is 0 Å². The molecule has 17 heavy (non-hydrogen) atoms. The summed E-state index contributed by atoms with van der Waals surface area (Å²) >= 11 is 0. The molecule has 1 rings (SSSR count). The summed E-state index contributed by atoms with van der Waals surface area (Å²) in [6, 6.07) is 2.48. The van der Waals surface area contributed by atoms with Crippen molar-refractivity contribution >= 4 is 0 Å². The third-order valence-electron chi connectivity index (χ3n) is 2.00. The van der Waals surface area contributed by atoms with E-state index in [0.29, 0.717) is 12.6 Å². The molecule has 1 N–H and O–H groups in total. The summed E-state index contributed by atoms with van der Waals surface area (Å²) < 4.78 is 50.1. The predicted molar refractivity (Wildman–Crippen MR) is 56.6 cm³/mol. The number of nitrogens with one attached hydrogen (secondary N) is 1. The average molecular weight is 245 g/mol. The van der Waals surface area contributed by atoms with Crippen LogP contribution in [0.15, 0.2) is 18.2 Å². The number of halogens is 4. The Morgan fingerprint density at radius 3 is 2.53 bits per heavy atom. The molecule has 1 aromatic carbocycles. The van der Waals surface area contributed by atoms with Gasteiger partial charge < -0.3 is 5.32 Å². The van der Waals surface area contributed by atoms with E-state index >= 15 is 0 Å². The first-order valence-electron chi connectivity index (χ1n) is 4.90. The van der Waals surface area contributed by atoms with Gasteiger partial charge in [0.25, 0.3) is 0 Å². The van der Waals surface area contributed by atoms with E-state index in [0.717, 1.165) is 12.1 Å². The third kappa shape index (κ3) is 4.45. The fourth-order valence-electron chi connectivity index (χ4n) is 1.27. The lowest BCUT2D eigenvalue weighted by Crippen LogP contribution is -2.14. The van der Waals surface area contributed by atoms with Crippen LogP contribution in [0.2, 0.25) is 0 Å². The van der Waals surface area contributed by atoms with Crippen LogP contribution in [-0.4, -0.2) is 6.54 Å². The second-order valence-corrected chi connectivity index (χ2v) is 3.38. The van der Waals surface area contributed by atoms with Crippen LogP contribution in [0.5, 0.6) is 0 Å². The zero-order valence-corrected chi connectivity index (χ0v) is 9.16. The molecule has 0 amide bonds. The maximum absolute atomic E-state index is 13.0. The summed E-state index contributed by atoms with van der Waals surface area (Å²) in [4.78, 5) is 0. The highest BCUT2D eigenvalue weighted by atomic mass is 19.4. The van der Waals surface area contributed by atoms with E-state index in [1.54, 1.807) is 6.92 Å². The Bertz CT molecular complexity index is 440. The minimum absolute atomic E-state index is 0.148. The summed E-state index contributed by atoms with van der Waals surface area (Å²) in [5.41, 5.74) is -0.730. The highest BCUT2D eigenvalue weighted by molar-refractivity contribution is 5.26. The van der Waals surface area contributed by atoms with Crippen molar-refractivity contribution in [3.8, 4) is 11.8 Å². The molecule has 0 fully saturated rings. The minimum atomic E-state index is -4.53. The molecule has 5 heteroatoms. The second kappa shape index (κ2) is 5.69. The van der Waals surface area contributed by atoms with Gasteiger partial charge in [0.05, 0.1) is 12.1 Å². The van der Waals surface area contributed by atoms with Gasteiger partial charge in [-0.3, -0.25) is 0 Å². The van der Waals surface area contributed by atoms with Gasteiger partial charge in [0.15, 0.2) is 0 Å². The molecule has 1 aromatic rings. The van der Waals surface area contributed by atoms with E-state index in [9.17, 15) is 17.6 Å². The Balaban J connectivity index is 2.78. The Kier molecular flexibility index (Phi) is 4.53. The van der Waals surface area contributed by atoms with Gasteiger partial charge in [-0.25, -0.2) is 4.39 Å². The van der Waals surface area contributed by atoms with E-state index < -0.39 is 17.6 Å². The van der Waals surface area contributed by atoms with Gasteiger partial charge in [0.2, 0.25) is 0 Å². The fraction of sp³-hybridized carbons (Fsp3) is 0.333. The van der Waals surface area contributed by atoms with Crippen molar-refractivity contribution in [1.82, 2.24) is 5.32 Å². The largest absolute Gasteiger partial charge is 0.416 e. The van der Waals surface area contributed by atoms with Crippen molar-refractivity contribution in [2.75, 3.05) is 6.54 Å². The first kappa shape index (κ1) is 13.5. The zero-order chi connectivity index (χ0) is 12.9. The third-order valence-corrected chi connectivity index (χ3v) is 2.00. The number of benzene rings is 1. The van der Waals surface area contributed by atoms with Gasteiger partial charge in [-0.1, -0.05) is 5.92 Å². The Labute approximate surface area is 96.8 Å². The summed E-state index contributed by atoms with van der Waals surface area (Å²) in [6.07, 6.45) is -4.53. The highest BCUT2D eigenvalue weighted by Crippen LogP contribution is 2.30. The van der Waals surface area contributed by atoms with Crippen molar-refractivity contribution in [3.05, 3.63) is 35.1 Å². The van der Waals surface area contributed by atoms with Crippen LogP contribution in [-0.2, 0) is 12.7 Å². The topological polar surface area (TPSA) is 12.0 Å². The zero-order valence-electron chi connectivity index (χ0n) is 9.16. The van der Waals surface area contributed by atoms with Crippen LogP contribution in [0.1, 0.15) is 18.1 Å². The van der Waals surface area contributed by atoms with Crippen LogP contribution in [0.4, 0.5) is 17.6 Å². The predicted octanol–water partition coefficient (Wildman–Crippen LogP) is 2.96. The molecule has 0 aromatic heterocycles. The SMILES string of the molecule is CC#CCNCc1cc(F)cc(C(F)(F)F)c1. The van der Waals surface area contributed by atoms with E-state index in [2.05, 4.69) is 17.2 Å². The number of rotatable bonds is 3. The molecule has 0 saturated carbocycles. The number of alkyl halides is 3. The highest BCUT2D eigenvalue weighted by Gasteiger charge is 2.31. The lowest BCUT2D eigenvalue weighted by Gasteiger charge is -2.09. The molecule has 0 spiro atoms. The minimum Gasteiger partial charge on any atom is -0.302 e. The lowest BCUT2D eigenvalue weighted by atomic mass is 10.1. The van der Waals surface area contributed by atoms with E-state index in [-0.39, 0.29) is 12.1 Å². The first-order valence-corrected chi connectivity index (χ1v) is 4.90. The van der Waals surface area contributed by atoms with Crippen molar-refractivity contribution in [2.45, 2.75) is 19.6 Å². The smallest absolute Gasteiger partial charge is 0.302 e. The molecule has 0 aliphatic rings. The molecule has 0 atom stereocenters. The monoisotopic (exact) mass is 245 g/mol. The van der Waals surface area contributed by atoms with Crippen LogP contribution < -0.4 is 5.32 Å². The van der Waals surface area contributed by atoms with E-state index in [1.165, 1.54) is 0 Å². The Morgan fingerprint density at radius 2 is 1.94 bits per heavy atom. The first-order chi connectivity index (χ1) is 7.93. The standard InChI is InChI=1S/C12H11F4N/c1-2-3-4-17-8-9-5-10(12(14,15)16)7-11(13)6-9/h5-7,17H,4,8H2,1H3. The molecular weight excluding hydrogens is 234 g/mol. The lowest BCUT2D eigenvalue weighted by molar-refractivity contribution is -0.137. The number of hydrogen-bond donors (Lipinski definition) is 1. The molecule has 0 aliphatic carbocycles. The van der Waals surface area contributed by atoms with Gasteiger partial charge >= 0.3 is 6.18 Å². The quantitative estimate of drug-likeness (QED) is 0.490. The molecule has 0 heterocycles. The summed E-state index contributed by atoms with van der Waals surface area (Å²) in [6.45, 7) is 2.16. The van der Waals surface area contributed by atoms with Gasteiger partial charge in [0, 0.05) is 6.54 Å². The summed E-state index contributed by atoms with van der Waals surface area (Å²) in [5, 5.41) is 2.80.